The van der Waals surface area contributed by atoms with Crippen LogP contribution in [0.2, 0.25) is 5.02 Å². The topological polar surface area (TPSA) is 91.4 Å². The van der Waals surface area contributed by atoms with E-state index in [9.17, 15) is 4.79 Å². The summed E-state index contributed by atoms with van der Waals surface area (Å²) in [5.74, 6) is -0.473. The van der Waals surface area contributed by atoms with Crippen molar-refractivity contribution < 1.29 is 9.53 Å². The molecule has 1 amide bonds. The lowest BCUT2D eigenvalue weighted by Crippen LogP contribution is -2.43. The molecule has 2 aliphatic heterocycles. The van der Waals surface area contributed by atoms with E-state index in [0.717, 1.165) is 48.3 Å². The lowest BCUT2D eigenvalue weighted by atomic mass is 9.83. The molecule has 0 saturated carbocycles. The molecule has 6 nitrogen and oxygen atoms in total. The van der Waals surface area contributed by atoms with Crippen molar-refractivity contribution in [3.8, 4) is 0 Å². The molecule has 0 radical (unpaired) electrons. The second kappa shape index (κ2) is 8.60. The second-order valence-electron chi connectivity index (χ2n) is 7.78. The maximum atomic E-state index is 11.9. The van der Waals surface area contributed by atoms with Crippen LogP contribution in [0.4, 0.5) is 5.69 Å². The van der Waals surface area contributed by atoms with Crippen LogP contribution in [0, 0.1) is 5.41 Å². The smallest absolute Gasteiger partial charge is 0.251 e. The van der Waals surface area contributed by atoms with Gasteiger partial charge in [0.2, 0.25) is 0 Å². The molecule has 0 aliphatic carbocycles. The summed E-state index contributed by atoms with van der Waals surface area (Å²) in [6.07, 6.45) is 4.00. The maximum absolute atomic E-state index is 11.9. The van der Waals surface area contributed by atoms with E-state index in [1.54, 1.807) is 6.07 Å². The maximum Gasteiger partial charge on any atom is 0.251 e. The molecule has 7 heteroatoms. The molecule has 0 aromatic heterocycles. The number of nitrogens with zero attached hydrogens (tertiary/aromatic N) is 1. The first-order chi connectivity index (χ1) is 14.5. The summed E-state index contributed by atoms with van der Waals surface area (Å²) in [4.78, 5) is 14.2. The van der Waals surface area contributed by atoms with Crippen LogP contribution in [-0.2, 0) is 15.1 Å². The van der Waals surface area contributed by atoms with Gasteiger partial charge in [-0.15, -0.1) is 0 Å². The van der Waals surface area contributed by atoms with E-state index in [0.29, 0.717) is 11.6 Å². The fraction of sp³-hybridized carbons (Fsp3) is 0.304. The number of hydrogen-bond donors (Lipinski definition) is 3. The normalized spacial score (nSPS) is 20.7. The number of halogens is 1. The number of nitrogens with two attached hydrogens (primary N) is 1. The van der Waals surface area contributed by atoms with E-state index in [4.69, 9.17) is 27.5 Å². The van der Waals surface area contributed by atoms with Gasteiger partial charge in [0.15, 0.2) is 6.10 Å². The van der Waals surface area contributed by atoms with E-state index >= 15 is 0 Å². The van der Waals surface area contributed by atoms with Crippen LogP contribution >= 0.6 is 11.6 Å². The van der Waals surface area contributed by atoms with Crippen molar-refractivity contribution >= 4 is 29.4 Å². The fourth-order valence-corrected chi connectivity index (χ4v) is 4.45. The number of nitrogens with one attached hydrogen (secondary N) is 2. The minimum absolute atomic E-state index is 0.473. The Morgan fingerprint density at radius 1 is 1.27 bits per heavy atom. The zero-order valence-electron chi connectivity index (χ0n) is 16.6. The summed E-state index contributed by atoms with van der Waals surface area (Å²) in [5.41, 5.74) is 8.73. The van der Waals surface area contributed by atoms with Gasteiger partial charge in [-0.05, 0) is 53.8 Å². The molecule has 1 saturated heterocycles. The molecule has 4 N–H and O–H groups in total. The van der Waals surface area contributed by atoms with Crippen LogP contribution in [0.1, 0.15) is 30.1 Å². The average Bonchev–Trinajstić information content (AvgIpc) is 3.07. The Kier molecular flexibility index (Phi) is 5.90. The third kappa shape index (κ3) is 4.12. The van der Waals surface area contributed by atoms with Crippen LogP contribution in [0.25, 0.3) is 0 Å². The van der Waals surface area contributed by atoms with Crippen LogP contribution in [0.15, 0.2) is 60.3 Å². The molecule has 156 valence electrons. The zero-order chi connectivity index (χ0) is 21.1. The van der Waals surface area contributed by atoms with Gasteiger partial charge in [-0.25, -0.2) is 0 Å². The molecule has 4 rings (SSSR count). The number of primary amides is 1. The van der Waals surface area contributed by atoms with Gasteiger partial charge in [0.25, 0.3) is 5.91 Å². The molecular weight excluding hydrogens is 400 g/mol. The molecule has 2 aromatic rings. The highest BCUT2D eigenvalue weighted by Gasteiger charge is 2.48. The third-order valence-corrected chi connectivity index (χ3v) is 6.08. The lowest BCUT2D eigenvalue weighted by Gasteiger charge is -2.39. The first kappa shape index (κ1) is 20.6. The minimum atomic E-state index is -0.726. The van der Waals surface area contributed by atoms with Crippen LogP contribution in [0.5, 0.6) is 0 Å². The van der Waals surface area contributed by atoms with Crippen LogP contribution < -0.4 is 11.1 Å². The minimum Gasteiger partial charge on any atom is -0.367 e. The lowest BCUT2D eigenvalue weighted by molar-refractivity contribution is -0.147. The van der Waals surface area contributed by atoms with Crippen LogP contribution in [-0.4, -0.2) is 36.7 Å². The van der Waals surface area contributed by atoms with Crippen LogP contribution in [0.3, 0.4) is 0 Å². The first-order valence-corrected chi connectivity index (χ1v) is 10.4. The molecule has 30 heavy (non-hydrogen) atoms. The summed E-state index contributed by atoms with van der Waals surface area (Å²) in [7, 11) is 0. The molecular formula is C23H25ClN4O2. The van der Waals surface area contributed by atoms with Gasteiger partial charge in [0.05, 0.1) is 5.60 Å². The number of hydrogen-bond acceptors (Lipinski definition) is 5. The number of rotatable bonds is 6. The number of amides is 1. The van der Waals surface area contributed by atoms with E-state index in [1.807, 2.05) is 48.7 Å². The Hall–Kier alpha value is -2.67. The predicted molar refractivity (Wildman–Crippen MR) is 119 cm³/mol. The number of fused-ring (bicyclic) bond motifs is 2. The number of para-hydroxylation sites is 1. The van der Waals surface area contributed by atoms with Gasteiger partial charge in [-0.1, -0.05) is 35.9 Å². The van der Waals surface area contributed by atoms with E-state index in [1.165, 1.54) is 6.21 Å². The quantitative estimate of drug-likeness (QED) is 0.614. The summed E-state index contributed by atoms with van der Waals surface area (Å²) >= 11 is 6.23. The van der Waals surface area contributed by atoms with E-state index in [-0.39, 0.29) is 0 Å². The monoisotopic (exact) mass is 424 g/mol. The number of likely N-dealkylation sites (tertiary alicyclic amines) is 1. The number of ether oxygens (including phenoxy) is 1. The summed E-state index contributed by atoms with van der Waals surface area (Å²) in [6, 6.07) is 15.4. The molecule has 0 bridgehead atoms. The molecule has 1 atom stereocenters. The Morgan fingerprint density at radius 2 is 2.00 bits per heavy atom. The largest absolute Gasteiger partial charge is 0.367 e. The highest BCUT2D eigenvalue weighted by Crippen LogP contribution is 2.49. The summed E-state index contributed by atoms with van der Waals surface area (Å²) in [6.45, 7) is 2.24. The van der Waals surface area contributed by atoms with Crippen molar-refractivity contribution in [2.45, 2.75) is 24.5 Å². The molecule has 2 aliphatic rings. The van der Waals surface area contributed by atoms with Crippen molar-refractivity contribution in [2.24, 2.45) is 5.73 Å². The molecule has 2 heterocycles. The highest BCUT2D eigenvalue weighted by atomic mass is 35.5. The Morgan fingerprint density at radius 3 is 2.67 bits per heavy atom. The number of piperidine rings is 1. The predicted octanol–water partition coefficient (Wildman–Crippen LogP) is 3.83. The molecule has 1 fully saturated rings. The average molecular weight is 425 g/mol. The Balaban J connectivity index is 1.44. The molecule has 1 spiro atoms. The van der Waals surface area contributed by atoms with Crippen molar-refractivity contribution in [1.29, 1.82) is 5.41 Å². The van der Waals surface area contributed by atoms with E-state index in [2.05, 4.69) is 10.2 Å². The van der Waals surface area contributed by atoms with E-state index < -0.39 is 17.6 Å². The fourth-order valence-electron chi connectivity index (χ4n) is 4.28. The van der Waals surface area contributed by atoms with Gasteiger partial charge in [-0.3, -0.25) is 9.69 Å². The number of carbonyl (C=O) groups excluding carboxylic acids is 1. The van der Waals surface area contributed by atoms with Gasteiger partial charge < -0.3 is 21.2 Å². The Labute approximate surface area is 181 Å². The highest BCUT2D eigenvalue weighted by molar-refractivity contribution is 6.30. The summed E-state index contributed by atoms with van der Waals surface area (Å²) in [5, 5.41) is 11.6. The SMILES string of the molecule is N=C/C(=C\Nc1ccccc1)CN1CCC2(CC1)OC(C(N)=O)c1ccc(Cl)cc12. The molecule has 2 aromatic carbocycles. The second-order valence-corrected chi connectivity index (χ2v) is 8.21. The Bertz CT molecular complexity index is 968. The zero-order valence-corrected chi connectivity index (χ0v) is 17.4. The number of anilines is 1. The standard InChI is InChI=1S/C23H25ClN4O2/c24-17-6-7-19-20(12-17)23(30-21(19)22(26)29)8-10-28(11-9-23)15-16(13-25)14-27-18-4-2-1-3-5-18/h1-7,12-14,21,25,27H,8-11,15H2,(H2,26,29)/b16-14+,25-13?. The third-order valence-electron chi connectivity index (χ3n) is 5.84. The number of carbonyl (C=O) groups is 1. The van der Waals surface area contributed by atoms with Gasteiger partial charge in [0.1, 0.15) is 0 Å². The van der Waals surface area contributed by atoms with Gasteiger partial charge in [-0.2, -0.15) is 0 Å². The first-order valence-electron chi connectivity index (χ1n) is 10.0. The van der Waals surface area contributed by atoms with Crippen molar-refractivity contribution in [1.82, 2.24) is 4.90 Å². The van der Waals surface area contributed by atoms with Crippen molar-refractivity contribution in [3.05, 3.63) is 76.5 Å². The molecule has 1 unspecified atom stereocenters. The van der Waals surface area contributed by atoms with Gasteiger partial charge >= 0.3 is 0 Å². The summed E-state index contributed by atoms with van der Waals surface area (Å²) < 4.78 is 6.23. The van der Waals surface area contributed by atoms with Crippen molar-refractivity contribution in [2.75, 3.05) is 25.0 Å². The number of benzene rings is 2. The van der Waals surface area contributed by atoms with Gasteiger partial charge in [0, 0.05) is 42.8 Å². The van der Waals surface area contributed by atoms with Crippen molar-refractivity contribution in [3.63, 3.8) is 0 Å².